The minimum absolute atomic E-state index is 0.312. The summed E-state index contributed by atoms with van der Waals surface area (Å²) in [6.45, 7) is 2.11. The Morgan fingerprint density at radius 1 is 1.38 bits per heavy atom. The van der Waals surface area contributed by atoms with Gasteiger partial charge in [-0.05, 0) is 20.0 Å². The second-order valence-electron chi connectivity index (χ2n) is 3.16. The molecule has 0 aliphatic rings. The summed E-state index contributed by atoms with van der Waals surface area (Å²) in [5.41, 5.74) is 2.18. The van der Waals surface area contributed by atoms with E-state index in [1.807, 2.05) is 25.2 Å². The third-order valence-corrected chi connectivity index (χ3v) is 2.36. The highest BCUT2D eigenvalue weighted by Crippen LogP contribution is 2.20. The molecule has 0 fully saturated rings. The Bertz CT molecular complexity index is 405. The minimum Gasteiger partial charge on any atom is -0.312 e. The number of rotatable bonds is 2. The van der Waals surface area contributed by atoms with E-state index in [4.69, 9.17) is 0 Å². The first-order valence-electron chi connectivity index (χ1n) is 4.43. The van der Waals surface area contributed by atoms with Crippen LogP contribution in [-0.2, 0) is 0 Å². The molecule has 13 heavy (non-hydrogen) atoms. The number of aromatic nitrogens is 2. The number of nitrogens with zero attached hydrogens (tertiary/aromatic N) is 1. The van der Waals surface area contributed by atoms with Gasteiger partial charge >= 0.3 is 0 Å². The average Bonchev–Trinajstić information content (AvgIpc) is 2.60. The first-order chi connectivity index (χ1) is 6.33. The van der Waals surface area contributed by atoms with Crippen LogP contribution in [0.25, 0.3) is 10.9 Å². The zero-order valence-electron chi connectivity index (χ0n) is 7.83. The highest BCUT2D eigenvalue weighted by Gasteiger charge is 2.09. The lowest BCUT2D eigenvalue weighted by atomic mass is 10.1. The number of para-hydroxylation sites is 1. The number of aromatic amines is 1. The second-order valence-corrected chi connectivity index (χ2v) is 3.16. The molecule has 3 heteroatoms. The average molecular weight is 175 g/mol. The molecule has 1 heterocycles. The summed E-state index contributed by atoms with van der Waals surface area (Å²) in [7, 11) is 1.94. The van der Waals surface area contributed by atoms with E-state index >= 15 is 0 Å². The number of hydrogen-bond acceptors (Lipinski definition) is 2. The first-order valence-corrected chi connectivity index (χ1v) is 4.43. The third kappa shape index (κ3) is 1.31. The number of benzene rings is 1. The summed E-state index contributed by atoms with van der Waals surface area (Å²) < 4.78 is 0. The topological polar surface area (TPSA) is 40.7 Å². The van der Waals surface area contributed by atoms with E-state index in [1.54, 1.807) is 0 Å². The van der Waals surface area contributed by atoms with Crippen molar-refractivity contribution in [2.24, 2.45) is 0 Å². The molecule has 68 valence electrons. The van der Waals surface area contributed by atoms with Crippen LogP contribution in [-0.4, -0.2) is 17.2 Å². The van der Waals surface area contributed by atoms with Crippen molar-refractivity contribution in [2.45, 2.75) is 13.0 Å². The maximum atomic E-state index is 4.22. The minimum atomic E-state index is 0.312. The molecule has 2 aromatic rings. The molecule has 1 atom stereocenters. The second kappa shape index (κ2) is 3.18. The summed E-state index contributed by atoms with van der Waals surface area (Å²) in [5, 5.41) is 11.7. The molecule has 1 unspecified atom stereocenters. The number of fused-ring (bicyclic) bond motifs is 1. The van der Waals surface area contributed by atoms with Gasteiger partial charge in [0.15, 0.2) is 0 Å². The van der Waals surface area contributed by atoms with E-state index in [1.165, 1.54) is 5.39 Å². The monoisotopic (exact) mass is 175 g/mol. The van der Waals surface area contributed by atoms with Gasteiger partial charge in [-0.3, -0.25) is 5.10 Å². The van der Waals surface area contributed by atoms with Gasteiger partial charge in [-0.2, -0.15) is 5.10 Å². The zero-order chi connectivity index (χ0) is 9.26. The summed E-state index contributed by atoms with van der Waals surface area (Å²) in [6, 6.07) is 8.44. The van der Waals surface area contributed by atoms with Crippen LogP contribution in [0.15, 0.2) is 24.3 Å². The number of hydrogen-bond donors (Lipinski definition) is 2. The number of H-pyrrole nitrogens is 1. The molecule has 1 aromatic heterocycles. The lowest BCUT2D eigenvalue weighted by molar-refractivity contribution is 0.634. The van der Waals surface area contributed by atoms with Crippen LogP contribution in [0.1, 0.15) is 18.7 Å². The Hall–Kier alpha value is -1.35. The molecular weight excluding hydrogens is 162 g/mol. The van der Waals surface area contributed by atoms with E-state index in [-0.39, 0.29) is 0 Å². The van der Waals surface area contributed by atoms with Crippen molar-refractivity contribution < 1.29 is 0 Å². The fourth-order valence-electron chi connectivity index (χ4n) is 1.45. The van der Waals surface area contributed by atoms with Gasteiger partial charge in [-0.15, -0.1) is 0 Å². The molecule has 0 radical (unpaired) electrons. The van der Waals surface area contributed by atoms with Crippen molar-refractivity contribution in [2.75, 3.05) is 7.05 Å². The molecule has 0 saturated heterocycles. The molecule has 3 nitrogen and oxygen atoms in total. The normalized spacial score (nSPS) is 13.4. The lowest BCUT2D eigenvalue weighted by Crippen LogP contribution is -2.12. The molecule has 0 aliphatic carbocycles. The first kappa shape index (κ1) is 8.26. The van der Waals surface area contributed by atoms with Gasteiger partial charge in [-0.1, -0.05) is 18.2 Å². The molecule has 0 saturated carbocycles. The largest absolute Gasteiger partial charge is 0.312 e. The maximum absolute atomic E-state index is 4.22. The summed E-state index contributed by atoms with van der Waals surface area (Å²) in [4.78, 5) is 0. The van der Waals surface area contributed by atoms with Gasteiger partial charge in [-0.25, -0.2) is 0 Å². The van der Waals surface area contributed by atoms with Gasteiger partial charge in [0.05, 0.1) is 11.2 Å². The highest BCUT2D eigenvalue weighted by molar-refractivity contribution is 5.81. The Labute approximate surface area is 77.2 Å². The summed E-state index contributed by atoms with van der Waals surface area (Å²) in [6.07, 6.45) is 0. The molecule has 0 spiro atoms. The van der Waals surface area contributed by atoms with E-state index in [0.29, 0.717) is 6.04 Å². The SMILES string of the molecule is CNC(C)c1[nH]nc2ccccc12. The quantitative estimate of drug-likeness (QED) is 0.731. The van der Waals surface area contributed by atoms with Crippen LogP contribution in [0.5, 0.6) is 0 Å². The van der Waals surface area contributed by atoms with E-state index in [2.05, 4.69) is 28.5 Å². The molecule has 2 rings (SSSR count). The lowest BCUT2D eigenvalue weighted by Gasteiger charge is -2.06. The third-order valence-electron chi connectivity index (χ3n) is 2.36. The van der Waals surface area contributed by atoms with Crippen LogP contribution in [0.4, 0.5) is 0 Å². The van der Waals surface area contributed by atoms with Gasteiger partial charge in [0.2, 0.25) is 0 Å². The van der Waals surface area contributed by atoms with Crippen LogP contribution < -0.4 is 5.32 Å². The Morgan fingerprint density at radius 2 is 2.15 bits per heavy atom. The van der Waals surface area contributed by atoms with Crippen molar-refractivity contribution >= 4 is 10.9 Å². The van der Waals surface area contributed by atoms with E-state index in [9.17, 15) is 0 Å². The Balaban J connectivity index is 2.57. The molecule has 0 aliphatic heterocycles. The Kier molecular flexibility index (Phi) is 2.02. The predicted molar refractivity (Wildman–Crippen MR) is 53.6 cm³/mol. The van der Waals surface area contributed by atoms with Crippen LogP contribution in [0.2, 0.25) is 0 Å². The van der Waals surface area contributed by atoms with Crippen molar-refractivity contribution in [1.29, 1.82) is 0 Å². The van der Waals surface area contributed by atoms with Crippen LogP contribution >= 0.6 is 0 Å². The zero-order valence-corrected chi connectivity index (χ0v) is 7.83. The van der Waals surface area contributed by atoms with Gasteiger partial charge in [0.1, 0.15) is 0 Å². The molecule has 1 aromatic carbocycles. The Morgan fingerprint density at radius 3 is 2.92 bits per heavy atom. The molecule has 0 amide bonds. The van der Waals surface area contributed by atoms with Crippen molar-refractivity contribution in [3.63, 3.8) is 0 Å². The molecule has 2 N–H and O–H groups in total. The van der Waals surface area contributed by atoms with Crippen molar-refractivity contribution in [3.05, 3.63) is 30.0 Å². The molecular formula is C10H13N3. The van der Waals surface area contributed by atoms with Gasteiger partial charge in [0, 0.05) is 11.4 Å². The standard InChI is InChI=1S/C10H13N3/c1-7(11-2)10-8-5-3-4-6-9(8)12-13-10/h3-7,11H,1-2H3,(H,12,13). The smallest absolute Gasteiger partial charge is 0.0924 e. The number of nitrogens with one attached hydrogen (secondary N) is 2. The van der Waals surface area contributed by atoms with Crippen LogP contribution in [0.3, 0.4) is 0 Å². The molecule has 0 bridgehead atoms. The fraction of sp³-hybridized carbons (Fsp3) is 0.300. The van der Waals surface area contributed by atoms with Crippen LogP contribution in [0, 0.1) is 0 Å². The highest BCUT2D eigenvalue weighted by atomic mass is 15.1. The van der Waals surface area contributed by atoms with Gasteiger partial charge in [0.25, 0.3) is 0 Å². The van der Waals surface area contributed by atoms with E-state index < -0.39 is 0 Å². The van der Waals surface area contributed by atoms with E-state index in [0.717, 1.165) is 11.2 Å². The predicted octanol–water partition coefficient (Wildman–Crippen LogP) is 1.84. The van der Waals surface area contributed by atoms with Gasteiger partial charge < -0.3 is 5.32 Å². The van der Waals surface area contributed by atoms with Crippen molar-refractivity contribution in [3.8, 4) is 0 Å². The van der Waals surface area contributed by atoms with Crippen molar-refractivity contribution in [1.82, 2.24) is 15.5 Å². The maximum Gasteiger partial charge on any atom is 0.0924 e. The fourth-order valence-corrected chi connectivity index (χ4v) is 1.45. The summed E-state index contributed by atoms with van der Waals surface area (Å²) in [5.74, 6) is 0. The summed E-state index contributed by atoms with van der Waals surface area (Å²) >= 11 is 0.